The van der Waals surface area contributed by atoms with E-state index in [1.807, 2.05) is 36.4 Å². The molecular formula is C50H31N5O. The molecule has 262 valence electrons. The molecule has 6 nitrogen and oxygen atoms in total. The van der Waals surface area contributed by atoms with Crippen molar-refractivity contribution in [1.82, 2.24) is 23.9 Å². The summed E-state index contributed by atoms with van der Waals surface area (Å²) >= 11 is 0. The van der Waals surface area contributed by atoms with Gasteiger partial charge in [-0.05, 0) is 60.7 Å². The number of para-hydroxylation sites is 5. The van der Waals surface area contributed by atoms with Crippen LogP contribution in [0.4, 0.5) is 0 Å². The Labute approximate surface area is 320 Å². The van der Waals surface area contributed by atoms with Crippen LogP contribution in [0.1, 0.15) is 0 Å². The zero-order valence-electron chi connectivity index (χ0n) is 30.0. The lowest BCUT2D eigenvalue weighted by atomic mass is 10.1. The van der Waals surface area contributed by atoms with Gasteiger partial charge in [-0.1, -0.05) is 121 Å². The first kappa shape index (κ1) is 30.7. The van der Waals surface area contributed by atoms with Crippen LogP contribution >= 0.6 is 0 Å². The van der Waals surface area contributed by atoms with E-state index < -0.39 is 0 Å². The molecule has 0 saturated heterocycles. The van der Waals surface area contributed by atoms with Crippen molar-refractivity contribution in [3.05, 3.63) is 188 Å². The quantitative estimate of drug-likeness (QED) is 0.178. The second kappa shape index (κ2) is 11.9. The molecule has 4 aromatic heterocycles. The van der Waals surface area contributed by atoms with Gasteiger partial charge < -0.3 is 13.6 Å². The van der Waals surface area contributed by atoms with Gasteiger partial charge in [-0.15, -0.1) is 10.2 Å². The molecule has 8 aromatic carbocycles. The minimum Gasteiger partial charge on any atom is -0.456 e. The Morgan fingerprint density at radius 1 is 0.339 bits per heavy atom. The molecule has 0 amide bonds. The molecule has 0 unspecified atom stereocenters. The molecule has 0 aliphatic heterocycles. The molecule has 0 bridgehead atoms. The molecule has 56 heavy (non-hydrogen) atoms. The molecule has 12 rings (SSSR count). The standard InChI is InChI=1S/C50H31N5O/c1-3-15-32(16-4-1)49-51-52-50(55(49)33-17-5-2-6-18-33)40-25-14-24-39-36-21-7-11-27-44(36)54(48(39)40)35-20-13-19-34(29-35)53-43-26-10-8-22-37(43)41-30-42-38-23-9-12-28-46(38)56-47(42)31-45(41)53/h1-31H. The minimum atomic E-state index is 0.776. The van der Waals surface area contributed by atoms with Gasteiger partial charge >= 0.3 is 0 Å². The smallest absolute Gasteiger partial charge is 0.171 e. The summed E-state index contributed by atoms with van der Waals surface area (Å²) < 4.78 is 13.4. The van der Waals surface area contributed by atoms with Gasteiger partial charge in [-0.25, -0.2) is 0 Å². The topological polar surface area (TPSA) is 53.7 Å². The molecule has 0 fully saturated rings. The highest BCUT2D eigenvalue weighted by Gasteiger charge is 2.23. The lowest BCUT2D eigenvalue weighted by molar-refractivity contribution is 0.669. The summed E-state index contributed by atoms with van der Waals surface area (Å²) in [5, 5.41) is 16.8. The number of hydrogen-bond acceptors (Lipinski definition) is 3. The van der Waals surface area contributed by atoms with Crippen LogP contribution in [0.25, 0.3) is 105 Å². The van der Waals surface area contributed by atoms with Crippen LogP contribution in [-0.4, -0.2) is 23.9 Å². The lowest BCUT2D eigenvalue weighted by Gasteiger charge is -2.15. The Morgan fingerprint density at radius 3 is 1.73 bits per heavy atom. The predicted octanol–water partition coefficient (Wildman–Crippen LogP) is 12.7. The highest BCUT2D eigenvalue weighted by Crippen LogP contribution is 2.41. The number of nitrogens with zero attached hydrogens (tertiary/aromatic N) is 5. The number of fused-ring (bicyclic) bond motifs is 9. The molecule has 0 aliphatic carbocycles. The minimum absolute atomic E-state index is 0.776. The molecule has 4 heterocycles. The van der Waals surface area contributed by atoms with Gasteiger partial charge in [0.1, 0.15) is 11.2 Å². The van der Waals surface area contributed by atoms with Crippen molar-refractivity contribution in [1.29, 1.82) is 0 Å². The highest BCUT2D eigenvalue weighted by atomic mass is 16.3. The summed E-state index contributed by atoms with van der Waals surface area (Å²) in [6, 6.07) is 66.2. The van der Waals surface area contributed by atoms with Gasteiger partial charge in [-0.3, -0.25) is 4.57 Å². The fourth-order valence-corrected chi connectivity index (χ4v) is 8.76. The average Bonchev–Trinajstić information content (AvgIpc) is 4.03. The third kappa shape index (κ3) is 4.44. The Bertz CT molecular complexity index is 3480. The first-order valence-corrected chi connectivity index (χ1v) is 18.8. The zero-order chi connectivity index (χ0) is 36.7. The number of hydrogen-bond donors (Lipinski definition) is 0. The Hall–Kier alpha value is -7.70. The average molecular weight is 718 g/mol. The first-order chi connectivity index (χ1) is 27.8. The van der Waals surface area contributed by atoms with Crippen molar-refractivity contribution in [2.75, 3.05) is 0 Å². The van der Waals surface area contributed by atoms with E-state index in [1.54, 1.807) is 0 Å². The van der Waals surface area contributed by atoms with E-state index in [-0.39, 0.29) is 0 Å². The van der Waals surface area contributed by atoms with Gasteiger partial charge in [0.05, 0.1) is 22.1 Å². The van der Waals surface area contributed by atoms with Crippen molar-refractivity contribution in [2.24, 2.45) is 0 Å². The molecule has 12 aromatic rings. The van der Waals surface area contributed by atoms with Crippen LogP contribution in [-0.2, 0) is 0 Å². The van der Waals surface area contributed by atoms with E-state index in [4.69, 9.17) is 14.6 Å². The summed E-state index contributed by atoms with van der Waals surface area (Å²) in [7, 11) is 0. The Morgan fingerprint density at radius 2 is 0.929 bits per heavy atom. The van der Waals surface area contributed by atoms with E-state index >= 15 is 0 Å². The Kier molecular flexibility index (Phi) is 6.53. The van der Waals surface area contributed by atoms with E-state index in [1.165, 1.54) is 16.2 Å². The third-order valence-electron chi connectivity index (χ3n) is 11.2. The number of aromatic nitrogens is 5. The van der Waals surface area contributed by atoms with Crippen molar-refractivity contribution in [3.63, 3.8) is 0 Å². The predicted molar refractivity (Wildman–Crippen MR) is 228 cm³/mol. The van der Waals surface area contributed by atoms with Gasteiger partial charge in [0, 0.05) is 66.6 Å². The van der Waals surface area contributed by atoms with Gasteiger partial charge in [0.25, 0.3) is 0 Å². The van der Waals surface area contributed by atoms with Crippen LogP contribution in [0.15, 0.2) is 192 Å². The summed E-state index contributed by atoms with van der Waals surface area (Å²) in [4.78, 5) is 0. The molecule has 6 heteroatoms. The zero-order valence-corrected chi connectivity index (χ0v) is 30.0. The van der Waals surface area contributed by atoms with Gasteiger partial charge in [-0.2, -0.15) is 0 Å². The van der Waals surface area contributed by atoms with E-state index in [0.717, 1.165) is 89.2 Å². The summed E-state index contributed by atoms with van der Waals surface area (Å²) in [5.41, 5.74) is 11.3. The maximum absolute atomic E-state index is 6.42. The maximum atomic E-state index is 6.42. The second-order valence-corrected chi connectivity index (χ2v) is 14.3. The summed E-state index contributed by atoms with van der Waals surface area (Å²) in [6.45, 7) is 0. The van der Waals surface area contributed by atoms with Crippen LogP contribution in [0, 0.1) is 0 Å². The molecule has 0 spiro atoms. The third-order valence-corrected chi connectivity index (χ3v) is 11.2. The summed E-state index contributed by atoms with van der Waals surface area (Å²) in [6.07, 6.45) is 0. The first-order valence-electron chi connectivity index (χ1n) is 18.8. The van der Waals surface area contributed by atoms with Gasteiger partial charge in [0.2, 0.25) is 0 Å². The van der Waals surface area contributed by atoms with Gasteiger partial charge in [0.15, 0.2) is 11.6 Å². The molecule has 0 saturated carbocycles. The molecule has 0 N–H and O–H groups in total. The van der Waals surface area contributed by atoms with E-state index in [9.17, 15) is 0 Å². The SMILES string of the molecule is c1ccc(-c2nnc(-c3cccc4c5ccccc5n(-c5cccc(-n6c7ccccc7c7cc8c(cc76)oc6ccccc68)c5)c34)n2-c2ccccc2)cc1. The normalized spacial score (nSPS) is 11.9. The molecule has 0 atom stereocenters. The van der Waals surface area contributed by atoms with Crippen molar-refractivity contribution < 1.29 is 4.42 Å². The van der Waals surface area contributed by atoms with Crippen LogP contribution in [0.5, 0.6) is 0 Å². The fraction of sp³-hybridized carbons (Fsp3) is 0. The second-order valence-electron chi connectivity index (χ2n) is 14.3. The van der Waals surface area contributed by atoms with Crippen LogP contribution < -0.4 is 0 Å². The summed E-state index contributed by atoms with van der Waals surface area (Å²) in [5.74, 6) is 1.57. The molecule has 0 radical (unpaired) electrons. The van der Waals surface area contributed by atoms with Crippen molar-refractivity contribution in [3.8, 4) is 39.8 Å². The molecular weight excluding hydrogens is 687 g/mol. The van der Waals surface area contributed by atoms with E-state index in [2.05, 4.69) is 165 Å². The van der Waals surface area contributed by atoms with Crippen LogP contribution in [0.3, 0.4) is 0 Å². The Balaban J connectivity index is 1.13. The largest absolute Gasteiger partial charge is 0.456 e. The number of benzene rings is 8. The highest BCUT2D eigenvalue weighted by molar-refractivity contribution is 6.17. The van der Waals surface area contributed by atoms with Crippen LogP contribution in [0.2, 0.25) is 0 Å². The number of furan rings is 1. The monoisotopic (exact) mass is 717 g/mol. The lowest BCUT2D eigenvalue weighted by Crippen LogP contribution is -2.02. The maximum Gasteiger partial charge on any atom is 0.171 e. The fourth-order valence-electron chi connectivity index (χ4n) is 8.76. The number of rotatable bonds is 5. The van der Waals surface area contributed by atoms with Crippen molar-refractivity contribution in [2.45, 2.75) is 0 Å². The molecule has 0 aliphatic rings. The van der Waals surface area contributed by atoms with E-state index in [0.29, 0.717) is 0 Å². The van der Waals surface area contributed by atoms with Crippen molar-refractivity contribution >= 4 is 65.6 Å².